The normalized spacial score (nSPS) is 12.6. The van der Waals surface area contributed by atoms with Crippen LogP contribution in [-0.4, -0.2) is 11.5 Å². The van der Waals surface area contributed by atoms with Crippen LogP contribution in [-0.2, 0) is 6.42 Å². The number of nitrogens with zero attached hydrogens (tertiary/aromatic N) is 1. The standard InChI is InChI=1S/C15H19BrN2S/c1-3-8-17-14(9-15-18-11(2)10-19-15)12-6-4-5-7-13(12)16/h4-7,10,14,17H,3,8-9H2,1-2H3. The minimum Gasteiger partial charge on any atom is -0.310 e. The van der Waals surface area contributed by atoms with Crippen molar-refractivity contribution in [3.63, 3.8) is 0 Å². The number of aromatic nitrogens is 1. The van der Waals surface area contributed by atoms with Crippen molar-refractivity contribution in [1.82, 2.24) is 10.3 Å². The van der Waals surface area contributed by atoms with E-state index in [4.69, 9.17) is 0 Å². The fourth-order valence-corrected chi connectivity index (χ4v) is 3.42. The van der Waals surface area contributed by atoms with E-state index in [0.29, 0.717) is 6.04 Å². The molecule has 0 aliphatic carbocycles. The zero-order valence-electron chi connectivity index (χ0n) is 11.3. The summed E-state index contributed by atoms with van der Waals surface area (Å²) < 4.78 is 1.16. The summed E-state index contributed by atoms with van der Waals surface area (Å²) in [7, 11) is 0. The molecule has 1 heterocycles. The molecular formula is C15H19BrN2S. The second-order valence-electron chi connectivity index (χ2n) is 4.61. The van der Waals surface area contributed by atoms with Crippen LogP contribution >= 0.6 is 27.3 Å². The lowest BCUT2D eigenvalue weighted by Gasteiger charge is -2.19. The predicted octanol–water partition coefficient (Wildman–Crippen LogP) is 4.50. The lowest BCUT2D eigenvalue weighted by molar-refractivity contribution is 0.526. The Kier molecular flexibility index (Phi) is 5.55. The Morgan fingerprint density at radius 1 is 1.37 bits per heavy atom. The van der Waals surface area contributed by atoms with Gasteiger partial charge in [-0.15, -0.1) is 11.3 Å². The Balaban J connectivity index is 2.18. The van der Waals surface area contributed by atoms with Gasteiger partial charge in [-0.05, 0) is 31.5 Å². The molecule has 0 saturated carbocycles. The molecule has 0 radical (unpaired) electrons. The van der Waals surface area contributed by atoms with Crippen molar-refractivity contribution in [2.45, 2.75) is 32.7 Å². The summed E-state index contributed by atoms with van der Waals surface area (Å²) in [5.41, 5.74) is 2.42. The van der Waals surface area contributed by atoms with E-state index in [-0.39, 0.29) is 0 Å². The minimum absolute atomic E-state index is 0.320. The molecule has 2 rings (SSSR count). The monoisotopic (exact) mass is 338 g/mol. The maximum absolute atomic E-state index is 4.58. The maximum Gasteiger partial charge on any atom is 0.0947 e. The summed E-state index contributed by atoms with van der Waals surface area (Å²) >= 11 is 5.40. The van der Waals surface area contributed by atoms with Gasteiger partial charge in [0, 0.05) is 28.0 Å². The van der Waals surface area contributed by atoms with Crippen molar-refractivity contribution in [2.24, 2.45) is 0 Å². The van der Waals surface area contributed by atoms with Crippen molar-refractivity contribution >= 4 is 27.3 Å². The summed E-state index contributed by atoms with van der Waals surface area (Å²) in [6, 6.07) is 8.74. The minimum atomic E-state index is 0.320. The number of thiazole rings is 1. The van der Waals surface area contributed by atoms with Crippen molar-refractivity contribution < 1.29 is 0 Å². The van der Waals surface area contributed by atoms with Gasteiger partial charge in [0.25, 0.3) is 0 Å². The first-order valence-corrected chi connectivity index (χ1v) is 8.26. The highest BCUT2D eigenvalue weighted by Gasteiger charge is 2.15. The van der Waals surface area contributed by atoms with Gasteiger partial charge in [0.15, 0.2) is 0 Å². The van der Waals surface area contributed by atoms with Gasteiger partial charge >= 0.3 is 0 Å². The van der Waals surface area contributed by atoms with Crippen LogP contribution in [0.1, 0.15) is 35.7 Å². The summed E-state index contributed by atoms with van der Waals surface area (Å²) in [5.74, 6) is 0. The number of hydrogen-bond acceptors (Lipinski definition) is 3. The summed E-state index contributed by atoms with van der Waals surface area (Å²) in [6.07, 6.45) is 2.08. The van der Waals surface area contributed by atoms with Crippen LogP contribution in [0.25, 0.3) is 0 Å². The van der Waals surface area contributed by atoms with Crippen molar-refractivity contribution in [1.29, 1.82) is 0 Å². The SMILES string of the molecule is CCCNC(Cc1nc(C)cs1)c1ccccc1Br. The van der Waals surface area contributed by atoms with Gasteiger partial charge in [-0.25, -0.2) is 4.98 Å². The van der Waals surface area contributed by atoms with Crippen molar-refractivity contribution in [3.05, 3.63) is 50.4 Å². The Morgan fingerprint density at radius 3 is 2.79 bits per heavy atom. The molecule has 4 heteroatoms. The van der Waals surface area contributed by atoms with Crippen LogP contribution in [0.3, 0.4) is 0 Å². The van der Waals surface area contributed by atoms with Crippen LogP contribution in [0.5, 0.6) is 0 Å². The molecule has 19 heavy (non-hydrogen) atoms. The van der Waals surface area contributed by atoms with Gasteiger partial charge in [-0.2, -0.15) is 0 Å². The maximum atomic E-state index is 4.58. The van der Waals surface area contributed by atoms with E-state index >= 15 is 0 Å². The molecule has 2 nitrogen and oxygen atoms in total. The quantitative estimate of drug-likeness (QED) is 0.838. The lowest BCUT2D eigenvalue weighted by Crippen LogP contribution is -2.24. The van der Waals surface area contributed by atoms with E-state index in [1.54, 1.807) is 11.3 Å². The van der Waals surface area contributed by atoms with E-state index in [0.717, 1.165) is 29.6 Å². The molecule has 1 aromatic heterocycles. The van der Waals surface area contributed by atoms with Crippen LogP contribution in [0.2, 0.25) is 0 Å². The van der Waals surface area contributed by atoms with Crippen LogP contribution in [0.4, 0.5) is 0 Å². The molecule has 102 valence electrons. The molecule has 0 amide bonds. The fraction of sp³-hybridized carbons (Fsp3) is 0.400. The van der Waals surface area contributed by atoms with E-state index in [1.807, 2.05) is 6.92 Å². The molecule has 0 saturated heterocycles. The molecule has 1 atom stereocenters. The Hall–Kier alpha value is -0.710. The zero-order valence-corrected chi connectivity index (χ0v) is 13.7. The zero-order chi connectivity index (χ0) is 13.7. The summed E-state index contributed by atoms with van der Waals surface area (Å²) in [6.45, 7) is 5.26. The third kappa shape index (κ3) is 4.13. The first-order chi connectivity index (χ1) is 9.20. The largest absolute Gasteiger partial charge is 0.310 e. The molecule has 1 N–H and O–H groups in total. The smallest absolute Gasteiger partial charge is 0.0947 e. The van der Waals surface area contributed by atoms with E-state index < -0.39 is 0 Å². The van der Waals surface area contributed by atoms with Gasteiger partial charge in [-0.3, -0.25) is 0 Å². The van der Waals surface area contributed by atoms with Crippen molar-refractivity contribution in [3.8, 4) is 0 Å². The highest BCUT2D eigenvalue weighted by molar-refractivity contribution is 9.10. The Bertz CT molecular complexity index is 524. The van der Waals surface area contributed by atoms with E-state index in [9.17, 15) is 0 Å². The summed E-state index contributed by atoms with van der Waals surface area (Å²) in [5, 5.41) is 6.93. The fourth-order valence-electron chi connectivity index (χ4n) is 2.04. The molecule has 2 aromatic rings. The molecular weight excluding hydrogens is 320 g/mol. The van der Waals surface area contributed by atoms with Crippen LogP contribution in [0, 0.1) is 6.92 Å². The lowest BCUT2D eigenvalue weighted by atomic mass is 10.0. The first-order valence-electron chi connectivity index (χ1n) is 6.59. The Labute approximate surface area is 127 Å². The number of hydrogen-bond donors (Lipinski definition) is 1. The van der Waals surface area contributed by atoms with Crippen LogP contribution < -0.4 is 5.32 Å². The van der Waals surface area contributed by atoms with E-state index in [2.05, 4.69) is 62.8 Å². The Morgan fingerprint density at radius 2 is 2.16 bits per heavy atom. The number of benzene rings is 1. The third-order valence-corrected chi connectivity index (χ3v) is 4.68. The molecule has 0 bridgehead atoms. The third-order valence-electron chi connectivity index (χ3n) is 2.97. The second kappa shape index (κ2) is 7.17. The first kappa shape index (κ1) is 14.7. The van der Waals surface area contributed by atoms with Crippen molar-refractivity contribution in [2.75, 3.05) is 6.54 Å². The molecule has 0 aliphatic rings. The van der Waals surface area contributed by atoms with Gasteiger partial charge < -0.3 is 5.32 Å². The second-order valence-corrected chi connectivity index (χ2v) is 6.41. The van der Waals surface area contributed by atoms with Gasteiger partial charge in [0.05, 0.1) is 5.01 Å². The number of rotatable bonds is 6. The van der Waals surface area contributed by atoms with E-state index in [1.165, 1.54) is 10.6 Å². The molecule has 0 aliphatic heterocycles. The highest BCUT2D eigenvalue weighted by Crippen LogP contribution is 2.27. The molecule has 1 aromatic carbocycles. The van der Waals surface area contributed by atoms with Gasteiger partial charge in [0.2, 0.25) is 0 Å². The topological polar surface area (TPSA) is 24.9 Å². The number of nitrogens with one attached hydrogen (secondary N) is 1. The average Bonchev–Trinajstić information content (AvgIpc) is 2.81. The van der Waals surface area contributed by atoms with Crippen LogP contribution in [0.15, 0.2) is 34.1 Å². The average molecular weight is 339 g/mol. The van der Waals surface area contributed by atoms with Gasteiger partial charge in [-0.1, -0.05) is 41.1 Å². The summed E-state index contributed by atoms with van der Waals surface area (Å²) in [4.78, 5) is 4.58. The number of aryl methyl sites for hydroxylation is 1. The molecule has 1 unspecified atom stereocenters. The predicted molar refractivity (Wildman–Crippen MR) is 85.7 cm³/mol. The van der Waals surface area contributed by atoms with Gasteiger partial charge in [0.1, 0.15) is 0 Å². The highest BCUT2D eigenvalue weighted by atomic mass is 79.9. The number of halogens is 1. The molecule has 0 fully saturated rings. The molecule has 0 spiro atoms.